The summed E-state index contributed by atoms with van der Waals surface area (Å²) >= 11 is 0. The molecule has 0 spiro atoms. The van der Waals surface area contributed by atoms with Gasteiger partial charge in [0.15, 0.2) is 0 Å². The molecule has 1 unspecified atom stereocenters. The summed E-state index contributed by atoms with van der Waals surface area (Å²) in [6.45, 7) is 2.90. The Kier molecular flexibility index (Phi) is 3.39. The van der Waals surface area contributed by atoms with E-state index in [4.69, 9.17) is 5.73 Å². The lowest BCUT2D eigenvalue weighted by atomic mass is 10.0. The van der Waals surface area contributed by atoms with E-state index in [1.807, 2.05) is 31.4 Å². The number of nitrogens with two attached hydrogens (primary N) is 1. The van der Waals surface area contributed by atoms with Gasteiger partial charge in [0.1, 0.15) is 5.82 Å². The van der Waals surface area contributed by atoms with Crippen LogP contribution in [0.25, 0.3) is 0 Å². The molecule has 1 atom stereocenters. The molecule has 0 saturated heterocycles. The molecule has 3 N–H and O–H groups in total. The van der Waals surface area contributed by atoms with E-state index in [2.05, 4.69) is 22.3 Å². The normalized spacial score (nSPS) is 12.6. The van der Waals surface area contributed by atoms with E-state index >= 15 is 0 Å². The molecule has 0 radical (unpaired) electrons. The Morgan fingerprint density at radius 1 is 1.47 bits per heavy atom. The van der Waals surface area contributed by atoms with Crippen LogP contribution in [0.4, 0.5) is 5.82 Å². The van der Waals surface area contributed by atoms with Gasteiger partial charge in [0.2, 0.25) is 0 Å². The summed E-state index contributed by atoms with van der Waals surface area (Å²) in [7, 11) is 1.90. The standard InChI is InChI=1S/C12H17N5/c1-3-14-11(10-6-8-17(2)16-10)9-5-4-7-15-12(9)13/h4-8,11,14H,3H2,1-2H3,(H2,13,15). The second-order valence-electron chi connectivity index (χ2n) is 3.88. The van der Waals surface area contributed by atoms with Crippen molar-refractivity contribution in [2.75, 3.05) is 12.3 Å². The smallest absolute Gasteiger partial charge is 0.128 e. The number of hydrogen-bond acceptors (Lipinski definition) is 4. The van der Waals surface area contributed by atoms with Crippen LogP contribution in [0.15, 0.2) is 30.6 Å². The van der Waals surface area contributed by atoms with Gasteiger partial charge in [-0.1, -0.05) is 13.0 Å². The van der Waals surface area contributed by atoms with Crippen molar-refractivity contribution in [2.24, 2.45) is 7.05 Å². The summed E-state index contributed by atoms with van der Waals surface area (Å²) in [6, 6.07) is 5.85. The Labute approximate surface area is 101 Å². The molecular weight excluding hydrogens is 214 g/mol. The Hall–Kier alpha value is -1.88. The molecule has 0 aromatic carbocycles. The molecule has 5 nitrogen and oxygen atoms in total. The predicted octanol–water partition coefficient (Wildman–Crippen LogP) is 1.10. The Morgan fingerprint density at radius 3 is 2.88 bits per heavy atom. The Bertz CT molecular complexity index is 491. The second-order valence-corrected chi connectivity index (χ2v) is 3.88. The fourth-order valence-electron chi connectivity index (χ4n) is 1.84. The molecule has 17 heavy (non-hydrogen) atoms. The van der Waals surface area contributed by atoms with Crippen molar-refractivity contribution in [1.82, 2.24) is 20.1 Å². The van der Waals surface area contributed by atoms with Gasteiger partial charge in [-0.15, -0.1) is 0 Å². The zero-order valence-corrected chi connectivity index (χ0v) is 10.1. The summed E-state index contributed by atoms with van der Waals surface area (Å²) in [5.41, 5.74) is 7.83. The van der Waals surface area contributed by atoms with Gasteiger partial charge in [0.25, 0.3) is 0 Å². The highest BCUT2D eigenvalue weighted by atomic mass is 15.3. The molecule has 2 aromatic heterocycles. The quantitative estimate of drug-likeness (QED) is 0.826. The fourth-order valence-corrected chi connectivity index (χ4v) is 1.84. The van der Waals surface area contributed by atoms with Crippen LogP contribution in [-0.4, -0.2) is 21.3 Å². The van der Waals surface area contributed by atoms with Gasteiger partial charge in [0.05, 0.1) is 11.7 Å². The molecule has 0 aliphatic rings. The molecule has 90 valence electrons. The maximum absolute atomic E-state index is 5.91. The molecular formula is C12H17N5. The van der Waals surface area contributed by atoms with Crippen LogP contribution < -0.4 is 11.1 Å². The van der Waals surface area contributed by atoms with Gasteiger partial charge in [-0.05, 0) is 18.7 Å². The molecule has 5 heteroatoms. The number of pyridine rings is 1. The number of aromatic nitrogens is 3. The molecule has 0 aliphatic heterocycles. The summed E-state index contributed by atoms with van der Waals surface area (Å²) in [6.07, 6.45) is 3.62. The molecule has 0 saturated carbocycles. The number of anilines is 1. The highest BCUT2D eigenvalue weighted by Crippen LogP contribution is 2.23. The Morgan fingerprint density at radius 2 is 2.29 bits per heavy atom. The summed E-state index contributed by atoms with van der Waals surface area (Å²) in [4.78, 5) is 4.12. The van der Waals surface area contributed by atoms with Crippen LogP contribution in [0.1, 0.15) is 24.2 Å². The van der Waals surface area contributed by atoms with E-state index in [1.54, 1.807) is 10.9 Å². The maximum Gasteiger partial charge on any atom is 0.128 e. The van der Waals surface area contributed by atoms with Crippen LogP contribution in [-0.2, 0) is 7.05 Å². The minimum absolute atomic E-state index is 0.00472. The summed E-state index contributed by atoms with van der Waals surface area (Å²) in [5.74, 6) is 0.545. The number of aryl methyl sites for hydroxylation is 1. The minimum Gasteiger partial charge on any atom is -0.383 e. The molecule has 0 amide bonds. The van der Waals surface area contributed by atoms with E-state index in [9.17, 15) is 0 Å². The van der Waals surface area contributed by atoms with Crippen LogP contribution in [0.2, 0.25) is 0 Å². The van der Waals surface area contributed by atoms with Gasteiger partial charge in [0, 0.05) is 25.0 Å². The molecule has 2 aromatic rings. The first-order valence-corrected chi connectivity index (χ1v) is 5.65. The fraction of sp³-hybridized carbons (Fsp3) is 0.333. The second kappa shape index (κ2) is 4.97. The average Bonchev–Trinajstić information content (AvgIpc) is 2.74. The van der Waals surface area contributed by atoms with Crippen LogP contribution >= 0.6 is 0 Å². The highest BCUT2D eigenvalue weighted by Gasteiger charge is 2.18. The lowest BCUT2D eigenvalue weighted by Crippen LogP contribution is -2.23. The first-order chi connectivity index (χ1) is 8.22. The number of rotatable bonds is 4. The highest BCUT2D eigenvalue weighted by molar-refractivity contribution is 5.44. The van der Waals surface area contributed by atoms with Crippen LogP contribution in [0.3, 0.4) is 0 Å². The van der Waals surface area contributed by atoms with E-state index in [1.165, 1.54) is 0 Å². The monoisotopic (exact) mass is 231 g/mol. The van der Waals surface area contributed by atoms with E-state index < -0.39 is 0 Å². The summed E-state index contributed by atoms with van der Waals surface area (Å²) < 4.78 is 1.78. The number of nitrogens with one attached hydrogen (secondary N) is 1. The molecule has 0 fully saturated rings. The number of nitrogen functional groups attached to an aromatic ring is 1. The van der Waals surface area contributed by atoms with Gasteiger partial charge >= 0.3 is 0 Å². The van der Waals surface area contributed by atoms with Crippen molar-refractivity contribution in [3.8, 4) is 0 Å². The third-order valence-corrected chi connectivity index (χ3v) is 2.62. The zero-order chi connectivity index (χ0) is 12.3. The van der Waals surface area contributed by atoms with Crippen LogP contribution in [0.5, 0.6) is 0 Å². The third kappa shape index (κ3) is 2.45. The van der Waals surface area contributed by atoms with Gasteiger partial charge in [-0.3, -0.25) is 4.68 Å². The van der Waals surface area contributed by atoms with Crippen molar-refractivity contribution in [1.29, 1.82) is 0 Å². The van der Waals surface area contributed by atoms with Crippen molar-refractivity contribution < 1.29 is 0 Å². The molecule has 2 rings (SSSR count). The van der Waals surface area contributed by atoms with Gasteiger partial charge in [-0.2, -0.15) is 5.10 Å². The number of hydrogen-bond donors (Lipinski definition) is 2. The lowest BCUT2D eigenvalue weighted by molar-refractivity contribution is 0.600. The van der Waals surface area contributed by atoms with Crippen LogP contribution in [0, 0.1) is 0 Å². The predicted molar refractivity (Wildman–Crippen MR) is 67.4 cm³/mol. The van der Waals surface area contributed by atoms with Crippen molar-refractivity contribution >= 4 is 5.82 Å². The van der Waals surface area contributed by atoms with Gasteiger partial charge < -0.3 is 11.1 Å². The van der Waals surface area contributed by atoms with E-state index in [-0.39, 0.29) is 6.04 Å². The lowest BCUT2D eigenvalue weighted by Gasteiger charge is -2.17. The molecule has 0 aliphatic carbocycles. The average molecular weight is 231 g/mol. The third-order valence-electron chi connectivity index (χ3n) is 2.62. The van der Waals surface area contributed by atoms with Crippen molar-refractivity contribution in [3.05, 3.63) is 41.9 Å². The first kappa shape index (κ1) is 11.6. The van der Waals surface area contributed by atoms with E-state index in [0.717, 1.165) is 17.8 Å². The summed E-state index contributed by atoms with van der Waals surface area (Å²) in [5, 5.41) is 7.79. The first-order valence-electron chi connectivity index (χ1n) is 5.65. The van der Waals surface area contributed by atoms with Crippen molar-refractivity contribution in [2.45, 2.75) is 13.0 Å². The van der Waals surface area contributed by atoms with Crippen molar-refractivity contribution in [3.63, 3.8) is 0 Å². The SMILES string of the molecule is CCNC(c1ccn(C)n1)c1cccnc1N. The largest absolute Gasteiger partial charge is 0.383 e. The molecule has 0 bridgehead atoms. The minimum atomic E-state index is -0.00472. The number of nitrogens with zero attached hydrogens (tertiary/aromatic N) is 3. The van der Waals surface area contributed by atoms with Gasteiger partial charge in [-0.25, -0.2) is 4.98 Å². The Balaban J connectivity index is 2.39. The zero-order valence-electron chi connectivity index (χ0n) is 10.1. The topological polar surface area (TPSA) is 68.8 Å². The maximum atomic E-state index is 5.91. The van der Waals surface area contributed by atoms with E-state index in [0.29, 0.717) is 5.82 Å². The molecule has 2 heterocycles.